The quantitative estimate of drug-likeness (QED) is 0.320. The number of aromatic nitrogens is 1. The molecule has 0 aliphatic rings. The summed E-state index contributed by atoms with van der Waals surface area (Å²) in [5, 5.41) is 12.2. The lowest BCUT2D eigenvalue weighted by molar-refractivity contribution is -0.140. The first-order valence-electron chi connectivity index (χ1n) is 9.40. The van der Waals surface area contributed by atoms with Crippen LogP contribution >= 0.6 is 15.9 Å². The molecule has 2 atom stereocenters. The molecular formula is C21H26BrN3O5. The van der Waals surface area contributed by atoms with Crippen LogP contribution < -0.4 is 11.1 Å². The van der Waals surface area contributed by atoms with Crippen LogP contribution in [0.3, 0.4) is 0 Å². The van der Waals surface area contributed by atoms with Crippen molar-refractivity contribution < 1.29 is 24.3 Å². The van der Waals surface area contributed by atoms with Crippen LogP contribution in [0.1, 0.15) is 41.9 Å². The maximum absolute atomic E-state index is 13.3. The summed E-state index contributed by atoms with van der Waals surface area (Å²) in [5.41, 5.74) is 7.77. The molecule has 0 saturated heterocycles. The Morgan fingerprint density at radius 1 is 1.23 bits per heavy atom. The molecule has 2 aromatic rings. The minimum Gasteiger partial charge on any atom is -0.481 e. The summed E-state index contributed by atoms with van der Waals surface area (Å²) in [6, 6.07) is 3.18. The van der Waals surface area contributed by atoms with E-state index in [1.54, 1.807) is 13.8 Å². The van der Waals surface area contributed by atoms with Crippen molar-refractivity contribution in [1.29, 1.82) is 0 Å². The van der Waals surface area contributed by atoms with E-state index < -0.39 is 41.6 Å². The number of Topliss-reactive ketones (excluding diaryl/α,β-unsaturated/α-hetero) is 2. The smallest absolute Gasteiger partial charge is 0.305 e. The van der Waals surface area contributed by atoms with Crippen molar-refractivity contribution in [2.45, 2.75) is 46.2 Å². The fourth-order valence-electron chi connectivity index (χ4n) is 3.42. The second-order valence-electron chi connectivity index (χ2n) is 7.91. The zero-order chi connectivity index (χ0) is 22.8. The molecule has 1 aromatic carbocycles. The summed E-state index contributed by atoms with van der Waals surface area (Å²) in [6.07, 6.45) is -0.572. The van der Waals surface area contributed by atoms with E-state index >= 15 is 0 Å². The number of nitrogens with two attached hydrogens (primary N) is 1. The van der Waals surface area contributed by atoms with Crippen molar-refractivity contribution in [3.05, 3.63) is 35.0 Å². The van der Waals surface area contributed by atoms with Gasteiger partial charge in [0.25, 0.3) is 0 Å². The van der Waals surface area contributed by atoms with Gasteiger partial charge in [0.1, 0.15) is 0 Å². The minimum atomic E-state index is -1.31. The van der Waals surface area contributed by atoms with Crippen molar-refractivity contribution >= 4 is 50.3 Å². The van der Waals surface area contributed by atoms with Crippen molar-refractivity contribution in [2.24, 2.45) is 11.1 Å². The van der Waals surface area contributed by atoms with Gasteiger partial charge in [-0.05, 0) is 31.0 Å². The van der Waals surface area contributed by atoms with Crippen LogP contribution in [0, 0.1) is 19.3 Å². The summed E-state index contributed by atoms with van der Waals surface area (Å²) in [7, 11) is 0. The molecule has 30 heavy (non-hydrogen) atoms. The first kappa shape index (κ1) is 23.8. The lowest BCUT2D eigenvalue weighted by Crippen LogP contribution is -2.56. The molecule has 8 nitrogen and oxygen atoms in total. The number of aliphatic carboxylic acids is 1. The number of carboxylic acids is 1. The molecule has 1 unspecified atom stereocenters. The van der Waals surface area contributed by atoms with Crippen molar-refractivity contribution in [1.82, 2.24) is 10.3 Å². The Morgan fingerprint density at radius 2 is 1.87 bits per heavy atom. The van der Waals surface area contributed by atoms with Crippen molar-refractivity contribution in [3.63, 3.8) is 0 Å². The van der Waals surface area contributed by atoms with Gasteiger partial charge in [0.05, 0.1) is 34.9 Å². The highest BCUT2D eigenvalue weighted by atomic mass is 79.9. The van der Waals surface area contributed by atoms with Crippen LogP contribution in [-0.2, 0) is 14.4 Å². The van der Waals surface area contributed by atoms with Gasteiger partial charge in [-0.25, -0.2) is 0 Å². The summed E-state index contributed by atoms with van der Waals surface area (Å²) in [5.74, 6) is -2.84. The third-order valence-electron chi connectivity index (χ3n) is 5.37. The Labute approximate surface area is 182 Å². The molecule has 9 heteroatoms. The molecule has 0 spiro atoms. The zero-order valence-electron chi connectivity index (χ0n) is 17.3. The standard InChI is InChI=1S/C21H26BrN3O5/c1-10-6-5-7-12-16(10)11(2)17(24-12)19(29)21(3,4)18(23)20(30)25-13(8-15(27)28)14(26)9-22/h5-7,13,18,24H,8-9,23H2,1-4H3,(H,25,30)(H,27,28)/t13?,18-/m1/s1. The van der Waals surface area contributed by atoms with Gasteiger partial charge < -0.3 is 21.1 Å². The third-order valence-corrected chi connectivity index (χ3v) is 5.92. The number of nitrogens with one attached hydrogen (secondary N) is 2. The van der Waals surface area contributed by atoms with E-state index in [2.05, 4.69) is 26.2 Å². The number of H-pyrrole nitrogens is 1. The van der Waals surface area contributed by atoms with E-state index in [4.69, 9.17) is 10.8 Å². The predicted octanol–water partition coefficient (Wildman–Crippen LogP) is 2.24. The van der Waals surface area contributed by atoms with Crippen molar-refractivity contribution in [2.75, 3.05) is 5.33 Å². The van der Waals surface area contributed by atoms with Crippen molar-refractivity contribution in [3.8, 4) is 0 Å². The lowest BCUT2D eigenvalue weighted by Gasteiger charge is -2.30. The number of carbonyl (C=O) groups excluding carboxylic acids is 3. The average Bonchev–Trinajstić information content (AvgIpc) is 3.02. The summed E-state index contributed by atoms with van der Waals surface area (Å²) < 4.78 is 0. The number of ketones is 2. The minimum absolute atomic E-state index is 0.115. The number of hydrogen-bond acceptors (Lipinski definition) is 5. The number of benzene rings is 1. The first-order chi connectivity index (χ1) is 13.9. The molecule has 0 aliphatic carbocycles. The summed E-state index contributed by atoms with van der Waals surface area (Å²) in [4.78, 5) is 52.1. The molecule has 0 radical (unpaired) electrons. The summed E-state index contributed by atoms with van der Waals surface area (Å²) >= 11 is 2.97. The highest BCUT2D eigenvalue weighted by Crippen LogP contribution is 2.31. The van der Waals surface area contributed by atoms with E-state index in [-0.39, 0.29) is 11.1 Å². The average molecular weight is 480 g/mol. The van der Waals surface area contributed by atoms with E-state index in [0.29, 0.717) is 5.69 Å². The maximum Gasteiger partial charge on any atom is 0.305 e. The van der Waals surface area contributed by atoms with Gasteiger partial charge in [-0.3, -0.25) is 19.2 Å². The highest BCUT2D eigenvalue weighted by molar-refractivity contribution is 9.09. The number of rotatable bonds is 9. The van der Waals surface area contributed by atoms with Crippen LogP contribution in [0.2, 0.25) is 0 Å². The number of alkyl halides is 1. The largest absolute Gasteiger partial charge is 0.481 e. The van der Waals surface area contributed by atoms with E-state index in [0.717, 1.165) is 22.0 Å². The van der Waals surface area contributed by atoms with Crippen LogP contribution in [0.4, 0.5) is 0 Å². The second kappa shape index (κ2) is 9.09. The molecular weight excluding hydrogens is 454 g/mol. The van der Waals surface area contributed by atoms with Gasteiger partial charge in [0.2, 0.25) is 5.91 Å². The van der Waals surface area contributed by atoms with Crippen LogP contribution in [0.15, 0.2) is 18.2 Å². The number of carbonyl (C=O) groups is 4. The molecule has 1 amide bonds. The number of hydrogen-bond donors (Lipinski definition) is 4. The molecule has 2 rings (SSSR count). The summed E-state index contributed by atoms with van der Waals surface area (Å²) in [6.45, 7) is 6.88. The van der Waals surface area contributed by atoms with E-state index in [1.165, 1.54) is 0 Å². The Hall–Kier alpha value is -2.52. The van der Waals surface area contributed by atoms with E-state index in [9.17, 15) is 19.2 Å². The normalized spacial score (nSPS) is 13.7. The number of halogens is 1. The van der Waals surface area contributed by atoms with Gasteiger partial charge in [-0.2, -0.15) is 0 Å². The first-order valence-corrected chi connectivity index (χ1v) is 10.5. The maximum atomic E-state index is 13.3. The fraction of sp³-hybridized carbons (Fsp3) is 0.429. The lowest BCUT2D eigenvalue weighted by atomic mass is 9.78. The molecule has 0 fully saturated rings. The number of aryl methyl sites for hydroxylation is 2. The number of aromatic amines is 1. The Bertz CT molecular complexity index is 1010. The molecule has 0 bridgehead atoms. The van der Waals surface area contributed by atoms with Gasteiger partial charge in [0.15, 0.2) is 11.6 Å². The molecule has 1 aromatic heterocycles. The fourth-order valence-corrected chi connectivity index (χ4v) is 3.81. The van der Waals surface area contributed by atoms with Crippen LogP contribution in [0.25, 0.3) is 10.9 Å². The monoisotopic (exact) mass is 479 g/mol. The topological polar surface area (TPSA) is 142 Å². The number of amides is 1. The molecule has 1 heterocycles. The number of carboxylic acid groups (broad SMARTS) is 1. The Morgan fingerprint density at radius 3 is 2.40 bits per heavy atom. The molecule has 162 valence electrons. The third kappa shape index (κ3) is 4.62. The Balaban J connectivity index is 2.31. The Kier molecular flexibility index (Phi) is 7.20. The van der Waals surface area contributed by atoms with E-state index in [1.807, 2.05) is 32.0 Å². The van der Waals surface area contributed by atoms with Crippen LogP contribution in [-0.4, -0.2) is 50.9 Å². The van der Waals surface area contributed by atoms with Gasteiger partial charge in [-0.15, -0.1) is 0 Å². The second-order valence-corrected chi connectivity index (χ2v) is 8.47. The predicted molar refractivity (Wildman–Crippen MR) is 117 cm³/mol. The molecule has 0 aliphatic heterocycles. The van der Waals surface area contributed by atoms with Gasteiger partial charge in [-0.1, -0.05) is 41.9 Å². The van der Waals surface area contributed by atoms with Crippen LogP contribution in [0.5, 0.6) is 0 Å². The van der Waals surface area contributed by atoms with Gasteiger partial charge in [0, 0.05) is 10.9 Å². The number of fused-ring (bicyclic) bond motifs is 1. The molecule has 5 N–H and O–H groups in total. The highest BCUT2D eigenvalue weighted by Gasteiger charge is 2.41. The van der Waals surface area contributed by atoms with Gasteiger partial charge >= 0.3 is 5.97 Å². The SMILES string of the molecule is Cc1cccc2[nH]c(C(=O)C(C)(C)[C@H](N)C(=O)NC(CC(=O)O)C(=O)CBr)c(C)c12. The zero-order valence-corrected chi connectivity index (χ0v) is 18.9. The molecule has 0 saturated carbocycles.